The molecule has 34 heavy (non-hydrogen) atoms. The maximum Gasteiger partial charge on any atom is 0.251 e. The summed E-state index contributed by atoms with van der Waals surface area (Å²) in [5.41, 5.74) is 2.25. The number of hydrogen-bond donors (Lipinski definition) is 3. The summed E-state index contributed by atoms with van der Waals surface area (Å²) in [6.45, 7) is 7.01. The van der Waals surface area contributed by atoms with Crippen LogP contribution in [0.25, 0.3) is 10.9 Å². The zero-order chi connectivity index (χ0) is 24.5. The van der Waals surface area contributed by atoms with E-state index in [1.54, 1.807) is 26.0 Å². The van der Waals surface area contributed by atoms with Gasteiger partial charge in [0.15, 0.2) is 0 Å². The molecule has 1 atom stereocenters. The number of fused-ring (bicyclic) bond motifs is 1. The zero-order valence-electron chi connectivity index (χ0n) is 19.4. The summed E-state index contributed by atoms with van der Waals surface area (Å²) < 4.78 is 40.0. The zero-order valence-corrected chi connectivity index (χ0v) is 20.2. The second-order valence-electron chi connectivity index (χ2n) is 8.57. The van der Waals surface area contributed by atoms with E-state index in [0.29, 0.717) is 11.1 Å². The number of amides is 1. The van der Waals surface area contributed by atoms with Crippen molar-refractivity contribution >= 4 is 38.3 Å². The van der Waals surface area contributed by atoms with Crippen LogP contribution in [0.4, 0.5) is 15.9 Å². The van der Waals surface area contributed by atoms with Gasteiger partial charge in [0.25, 0.3) is 5.91 Å². The van der Waals surface area contributed by atoms with Gasteiger partial charge in [0.1, 0.15) is 11.6 Å². The molecule has 180 valence electrons. The Labute approximate surface area is 198 Å². The van der Waals surface area contributed by atoms with E-state index in [1.165, 1.54) is 6.07 Å². The summed E-state index contributed by atoms with van der Waals surface area (Å²) >= 11 is 0. The third kappa shape index (κ3) is 5.45. The Morgan fingerprint density at radius 2 is 1.88 bits per heavy atom. The Bertz CT molecular complexity index is 1340. The van der Waals surface area contributed by atoms with Crippen molar-refractivity contribution in [3.05, 3.63) is 65.0 Å². The Morgan fingerprint density at radius 1 is 1.15 bits per heavy atom. The molecule has 1 aromatic heterocycles. The number of carbonyl (C=O) groups excluding carboxylic acids is 1. The van der Waals surface area contributed by atoms with Crippen LogP contribution < -0.4 is 20.3 Å². The van der Waals surface area contributed by atoms with E-state index < -0.39 is 21.9 Å². The number of pyridine rings is 1. The first kappa shape index (κ1) is 23.9. The van der Waals surface area contributed by atoms with E-state index in [9.17, 15) is 17.6 Å². The van der Waals surface area contributed by atoms with E-state index in [1.807, 2.05) is 18.2 Å². The minimum Gasteiger partial charge on any atom is -0.354 e. The fourth-order valence-corrected chi connectivity index (χ4v) is 4.65. The van der Waals surface area contributed by atoms with Gasteiger partial charge in [-0.2, -0.15) is 0 Å². The van der Waals surface area contributed by atoms with Gasteiger partial charge in [-0.15, -0.1) is 0 Å². The first-order valence-corrected chi connectivity index (χ1v) is 12.9. The van der Waals surface area contributed by atoms with Gasteiger partial charge in [-0.25, -0.2) is 17.8 Å². The van der Waals surface area contributed by atoms with Gasteiger partial charge in [-0.05, 0) is 61.9 Å². The van der Waals surface area contributed by atoms with Gasteiger partial charge in [0.05, 0.1) is 23.5 Å². The third-order valence-electron chi connectivity index (χ3n) is 5.83. The summed E-state index contributed by atoms with van der Waals surface area (Å²) in [6.07, 6.45) is 1.01. The van der Waals surface area contributed by atoms with Crippen molar-refractivity contribution in [2.75, 3.05) is 42.1 Å². The number of carbonyl (C=O) groups is 1. The van der Waals surface area contributed by atoms with Crippen LogP contribution in [0.15, 0.2) is 42.5 Å². The number of rotatable bonds is 6. The molecule has 0 radical (unpaired) electrons. The van der Waals surface area contributed by atoms with Gasteiger partial charge in [0, 0.05) is 42.7 Å². The first-order chi connectivity index (χ1) is 16.1. The molecule has 1 amide bonds. The van der Waals surface area contributed by atoms with Crippen LogP contribution in [-0.4, -0.2) is 51.7 Å². The minimum atomic E-state index is -3.53. The molecule has 2 aromatic carbocycles. The monoisotopic (exact) mass is 485 g/mol. The van der Waals surface area contributed by atoms with E-state index in [2.05, 4.69) is 20.3 Å². The lowest BCUT2D eigenvalue weighted by Gasteiger charge is -2.28. The molecule has 1 saturated heterocycles. The van der Waals surface area contributed by atoms with Crippen LogP contribution in [0.5, 0.6) is 0 Å². The number of anilines is 2. The Hall–Kier alpha value is -3.24. The van der Waals surface area contributed by atoms with Crippen LogP contribution in [0.3, 0.4) is 0 Å². The summed E-state index contributed by atoms with van der Waals surface area (Å²) in [4.78, 5) is 19.8. The first-order valence-electron chi connectivity index (χ1n) is 11.1. The molecule has 4 rings (SSSR count). The molecule has 0 aliphatic carbocycles. The predicted molar refractivity (Wildman–Crippen MR) is 132 cm³/mol. The number of nitrogens with one attached hydrogen (secondary N) is 3. The lowest BCUT2D eigenvalue weighted by atomic mass is 10.0. The number of aromatic nitrogens is 1. The number of sulfonamides is 1. The van der Waals surface area contributed by atoms with Crippen molar-refractivity contribution in [1.82, 2.24) is 15.6 Å². The lowest BCUT2D eigenvalue weighted by Crippen LogP contribution is -2.43. The quantitative estimate of drug-likeness (QED) is 0.496. The summed E-state index contributed by atoms with van der Waals surface area (Å²) in [6, 6.07) is 11.3. The molecule has 2 heterocycles. The van der Waals surface area contributed by atoms with E-state index in [4.69, 9.17) is 4.98 Å². The van der Waals surface area contributed by atoms with E-state index >= 15 is 0 Å². The van der Waals surface area contributed by atoms with Crippen molar-refractivity contribution < 1.29 is 17.6 Å². The maximum atomic E-state index is 14.7. The van der Waals surface area contributed by atoms with Crippen molar-refractivity contribution in [3.63, 3.8) is 0 Å². The molecule has 0 unspecified atom stereocenters. The number of benzene rings is 2. The molecule has 3 N–H and O–H groups in total. The number of nitrogens with zero attached hydrogens (tertiary/aromatic N) is 2. The fourth-order valence-electron chi connectivity index (χ4n) is 4.03. The number of halogens is 1. The van der Waals surface area contributed by atoms with Crippen LogP contribution in [0.2, 0.25) is 0 Å². The highest BCUT2D eigenvalue weighted by Crippen LogP contribution is 2.26. The minimum absolute atomic E-state index is 0.171. The maximum absolute atomic E-state index is 14.7. The van der Waals surface area contributed by atoms with E-state index in [-0.39, 0.29) is 17.2 Å². The molecule has 10 heteroatoms. The van der Waals surface area contributed by atoms with Crippen LogP contribution in [0, 0.1) is 12.7 Å². The van der Waals surface area contributed by atoms with Crippen LogP contribution >= 0.6 is 0 Å². The molecular weight excluding hydrogens is 457 g/mol. The third-order valence-corrected chi connectivity index (χ3v) is 6.42. The summed E-state index contributed by atoms with van der Waals surface area (Å²) in [7, 11) is -3.53. The SMILES string of the molecule is Cc1cc([C@@H](C)NC(=O)c2ccc3nc(N4CCNCC4)ccc3c2)c(F)cc1NS(C)(=O)=O. The van der Waals surface area contributed by atoms with Crippen molar-refractivity contribution in [3.8, 4) is 0 Å². The highest BCUT2D eigenvalue weighted by Gasteiger charge is 2.18. The Kier molecular flexibility index (Phi) is 6.72. The Balaban J connectivity index is 1.50. The van der Waals surface area contributed by atoms with Crippen molar-refractivity contribution in [1.29, 1.82) is 0 Å². The number of aryl methyl sites for hydroxylation is 1. The van der Waals surface area contributed by atoms with Crippen LogP contribution in [0.1, 0.15) is 34.5 Å². The summed E-state index contributed by atoms with van der Waals surface area (Å²) in [5.74, 6) is -0.0249. The van der Waals surface area contributed by atoms with Gasteiger partial charge < -0.3 is 15.5 Å². The second kappa shape index (κ2) is 9.55. The van der Waals surface area contributed by atoms with Crippen molar-refractivity contribution in [2.45, 2.75) is 19.9 Å². The van der Waals surface area contributed by atoms with Gasteiger partial charge in [-0.1, -0.05) is 0 Å². The molecule has 1 aliphatic heterocycles. The van der Waals surface area contributed by atoms with Gasteiger partial charge in [-0.3, -0.25) is 9.52 Å². The fraction of sp³-hybridized carbons (Fsp3) is 0.333. The average Bonchev–Trinajstić information content (AvgIpc) is 2.80. The lowest BCUT2D eigenvalue weighted by molar-refractivity contribution is 0.0939. The smallest absolute Gasteiger partial charge is 0.251 e. The highest BCUT2D eigenvalue weighted by molar-refractivity contribution is 7.92. The van der Waals surface area contributed by atoms with Gasteiger partial charge in [0.2, 0.25) is 10.0 Å². The van der Waals surface area contributed by atoms with E-state index in [0.717, 1.165) is 55.2 Å². The highest BCUT2D eigenvalue weighted by atomic mass is 32.2. The molecule has 0 spiro atoms. The predicted octanol–water partition coefficient (Wildman–Crippen LogP) is 2.95. The van der Waals surface area contributed by atoms with Gasteiger partial charge >= 0.3 is 0 Å². The summed E-state index contributed by atoms with van der Waals surface area (Å²) in [5, 5.41) is 6.99. The molecule has 3 aromatic rings. The van der Waals surface area contributed by atoms with Crippen LogP contribution in [-0.2, 0) is 10.0 Å². The number of hydrogen-bond acceptors (Lipinski definition) is 6. The average molecular weight is 486 g/mol. The largest absolute Gasteiger partial charge is 0.354 e. The Morgan fingerprint density at radius 3 is 2.59 bits per heavy atom. The molecular formula is C24H28FN5O3S. The topological polar surface area (TPSA) is 103 Å². The molecule has 8 nitrogen and oxygen atoms in total. The molecule has 0 saturated carbocycles. The normalized spacial score (nSPS) is 15.2. The molecule has 1 fully saturated rings. The molecule has 1 aliphatic rings. The standard InChI is InChI=1S/C24H28FN5O3S/c1-15-12-19(20(25)14-22(15)29-34(3,32)33)16(2)27-24(31)18-4-6-21-17(13-18)5-7-23(28-21)30-10-8-26-9-11-30/h4-7,12-14,16,26,29H,8-11H2,1-3H3,(H,27,31)/t16-/m1/s1. The number of piperazine rings is 1. The van der Waals surface area contributed by atoms with Crippen molar-refractivity contribution in [2.24, 2.45) is 0 Å². The second-order valence-corrected chi connectivity index (χ2v) is 10.3. The molecule has 0 bridgehead atoms.